The third-order valence-electron chi connectivity index (χ3n) is 2.67. The minimum atomic E-state index is 0.809. The van der Waals surface area contributed by atoms with Crippen LogP contribution in [0.3, 0.4) is 0 Å². The molecule has 0 aromatic rings. The van der Waals surface area contributed by atoms with E-state index in [-0.39, 0.29) is 0 Å². The van der Waals surface area contributed by atoms with Crippen molar-refractivity contribution >= 4 is 0 Å². The molecule has 0 aliphatic heterocycles. The molecular weight excluding hydrogens is 198 g/mol. The predicted molar refractivity (Wildman–Crippen MR) is 71.9 cm³/mol. The van der Waals surface area contributed by atoms with E-state index in [0.717, 1.165) is 32.1 Å². The molecule has 0 amide bonds. The molecule has 0 unspecified atom stereocenters. The number of unbranched alkanes of at least 4 members (excludes halogenated alkanes) is 2. The number of ether oxygens (including phenoxy) is 1. The Morgan fingerprint density at radius 2 is 1.62 bits per heavy atom. The fourth-order valence-corrected chi connectivity index (χ4v) is 1.62. The van der Waals surface area contributed by atoms with Gasteiger partial charge in [-0.05, 0) is 44.7 Å². The van der Waals surface area contributed by atoms with E-state index < -0.39 is 0 Å². The number of hydrogen-bond acceptors (Lipinski definition) is 2. The molecule has 0 bridgehead atoms. The van der Waals surface area contributed by atoms with E-state index in [1.54, 1.807) is 0 Å². The summed E-state index contributed by atoms with van der Waals surface area (Å²) in [5, 5.41) is 3.45. The molecular formula is C14H31NO. The van der Waals surface area contributed by atoms with E-state index in [4.69, 9.17) is 4.74 Å². The first-order chi connectivity index (χ1) is 7.77. The van der Waals surface area contributed by atoms with Crippen molar-refractivity contribution in [2.45, 2.75) is 59.3 Å². The van der Waals surface area contributed by atoms with Crippen LogP contribution in [0.2, 0.25) is 0 Å². The molecule has 0 aliphatic carbocycles. The van der Waals surface area contributed by atoms with Gasteiger partial charge in [0.2, 0.25) is 0 Å². The molecule has 0 saturated heterocycles. The molecule has 0 heterocycles. The maximum absolute atomic E-state index is 5.57. The molecule has 2 nitrogen and oxygen atoms in total. The SMILES string of the molecule is CCCCCNCCCOCCCC(C)C. The zero-order chi connectivity index (χ0) is 12.1. The van der Waals surface area contributed by atoms with Gasteiger partial charge in [-0.2, -0.15) is 0 Å². The summed E-state index contributed by atoms with van der Waals surface area (Å²) < 4.78 is 5.57. The van der Waals surface area contributed by atoms with E-state index in [1.807, 2.05) is 0 Å². The minimum Gasteiger partial charge on any atom is -0.381 e. The summed E-state index contributed by atoms with van der Waals surface area (Å²) in [6, 6.07) is 0. The van der Waals surface area contributed by atoms with Crippen molar-refractivity contribution in [2.24, 2.45) is 5.92 Å². The molecule has 16 heavy (non-hydrogen) atoms. The van der Waals surface area contributed by atoms with Crippen molar-refractivity contribution in [2.75, 3.05) is 26.3 Å². The molecule has 0 fully saturated rings. The highest BCUT2D eigenvalue weighted by Crippen LogP contribution is 2.03. The molecule has 0 saturated carbocycles. The zero-order valence-corrected chi connectivity index (χ0v) is 11.6. The number of nitrogens with one attached hydrogen (secondary N) is 1. The van der Waals surface area contributed by atoms with Crippen molar-refractivity contribution in [3.8, 4) is 0 Å². The molecule has 0 aromatic heterocycles. The Balaban J connectivity index is 2.88. The van der Waals surface area contributed by atoms with Gasteiger partial charge in [0.15, 0.2) is 0 Å². The van der Waals surface area contributed by atoms with Gasteiger partial charge in [-0.25, -0.2) is 0 Å². The van der Waals surface area contributed by atoms with Crippen molar-refractivity contribution in [1.82, 2.24) is 5.32 Å². The Morgan fingerprint density at radius 3 is 2.31 bits per heavy atom. The van der Waals surface area contributed by atoms with Gasteiger partial charge in [-0.3, -0.25) is 0 Å². The lowest BCUT2D eigenvalue weighted by atomic mass is 10.1. The summed E-state index contributed by atoms with van der Waals surface area (Å²) in [5.41, 5.74) is 0. The van der Waals surface area contributed by atoms with Crippen LogP contribution in [-0.2, 0) is 4.74 Å². The molecule has 0 atom stereocenters. The van der Waals surface area contributed by atoms with Crippen molar-refractivity contribution in [3.63, 3.8) is 0 Å². The monoisotopic (exact) mass is 229 g/mol. The fraction of sp³-hybridized carbons (Fsp3) is 1.00. The average Bonchev–Trinajstić information content (AvgIpc) is 2.25. The van der Waals surface area contributed by atoms with Gasteiger partial charge in [-0.15, -0.1) is 0 Å². The highest BCUT2D eigenvalue weighted by Gasteiger charge is 1.94. The van der Waals surface area contributed by atoms with Crippen LogP contribution < -0.4 is 5.32 Å². The second-order valence-corrected chi connectivity index (χ2v) is 4.96. The Bertz CT molecular complexity index is 126. The van der Waals surface area contributed by atoms with Crippen molar-refractivity contribution in [3.05, 3.63) is 0 Å². The van der Waals surface area contributed by atoms with Gasteiger partial charge in [0.25, 0.3) is 0 Å². The summed E-state index contributed by atoms with van der Waals surface area (Å²) >= 11 is 0. The summed E-state index contributed by atoms with van der Waals surface area (Å²) in [6.07, 6.45) is 7.61. The first-order valence-electron chi connectivity index (χ1n) is 7.05. The average molecular weight is 229 g/mol. The molecule has 0 radical (unpaired) electrons. The van der Waals surface area contributed by atoms with Crippen LogP contribution in [-0.4, -0.2) is 26.3 Å². The minimum absolute atomic E-state index is 0.809. The Kier molecular flexibility index (Phi) is 12.9. The third kappa shape index (κ3) is 13.9. The smallest absolute Gasteiger partial charge is 0.0478 e. The zero-order valence-electron chi connectivity index (χ0n) is 11.6. The Morgan fingerprint density at radius 1 is 0.938 bits per heavy atom. The van der Waals surface area contributed by atoms with Crippen LogP contribution in [0.1, 0.15) is 59.3 Å². The summed E-state index contributed by atoms with van der Waals surface area (Å²) in [6.45, 7) is 10.9. The summed E-state index contributed by atoms with van der Waals surface area (Å²) in [5.74, 6) is 0.809. The first-order valence-corrected chi connectivity index (χ1v) is 7.05. The van der Waals surface area contributed by atoms with Crippen LogP contribution in [0.5, 0.6) is 0 Å². The van der Waals surface area contributed by atoms with Crippen LogP contribution in [0.25, 0.3) is 0 Å². The normalized spacial score (nSPS) is 11.2. The van der Waals surface area contributed by atoms with Gasteiger partial charge in [0.05, 0.1) is 0 Å². The molecule has 0 spiro atoms. The second-order valence-electron chi connectivity index (χ2n) is 4.96. The largest absolute Gasteiger partial charge is 0.381 e. The molecule has 0 aromatic carbocycles. The summed E-state index contributed by atoms with van der Waals surface area (Å²) in [4.78, 5) is 0. The maximum atomic E-state index is 5.57. The van der Waals surface area contributed by atoms with E-state index in [1.165, 1.54) is 38.6 Å². The Labute approximate surface area is 102 Å². The highest BCUT2D eigenvalue weighted by molar-refractivity contribution is 4.49. The van der Waals surface area contributed by atoms with Gasteiger partial charge in [0, 0.05) is 13.2 Å². The highest BCUT2D eigenvalue weighted by atomic mass is 16.5. The lowest BCUT2D eigenvalue weighted by Gasteiger charge is -2.07. The van der Waals surface area contributed by atoms with Gasteiger partial charge >= 0.3 is 0 Å². The topological polar surface area (TPSA) is 21.3 Å². The Hall–Kier alpha value is -0.0800. The second kappa shape index (κ2) is 13.0. The van der Waals surface area contributed by atoms with Crippen molar-refractivity contribution in [1.29, 1.82) is 0 Å². The van der Waals surface area contributed by atoms with E-state index in [9.17, 15) is 0 Å². The lowest BCUT2D eigenvalue weighted by Crippen LogP contribution is -2.18. The standard InChI is InChI=1S/C14H31NO/c1-4-5-6-10-15-11-8-13-16-12-7-9-14(2)3/h14-15H,4-13H2,1-3H3. The van der Waals surface area contributed by atoms with Crippen LogP contribution in [0.4, 0.5) is 0 Å². The van der Waals surface area contributed by atoms with E-state index in [2.05, 4.69) is 26.1 Å². The molecule has 0 rings (SSSR count). The molecule has 1 N–H and O–H groups in total. The number of rotatable bonds is 12. The van der Waals surface area contributed by atoms with Gasteiger partial charge < -0.3 is 10.1 Å². The quantitative estimate of drug-likeness (QED) is 0.516. The molecule has 2 heteroatoms. The van der Waals surface area contributed by atoms with Gasteiger partial charge in [0.1, 0.15) is 0 Å². The van der Waals surface area contributed by atoms with Crippen LogP contribution in [0.15, 0.2) is 0 Å². The van der Waals surface area contributed by atoms with Gasteiger partial charge in [-0.1, -0.05) is 33.6 Å². The third-order valence-corrected chi connectivity index (χ3v) is 2.67. The maximum Gasteiger partial charge on any atom is 0.0478 e. The van der Waals surface area contributed by atoms with E-state index in [0.29, 0.717) is 0 Å². The lowest BCUT2D eigenvalue weighted by molar-refractivity contribution is 0.125. The summed E-state index contributed by atoms with van der Waals surface area (Å²) in [7, 11) is 0. The van der Waals surface area contributed by atoms with Crippen LogP contribution in [0, 0.1) is 5.92 Å². The van der Waals surface area contributed by atoms with E-state index >= 15 is 0 Å². The molecule has 98 valence electrons. The predicted octanol–water partition coefficient (Wildman–Crippen LogP) is 3.61. The number of hydrogen-bond donors (Lipinski definition) is 1. The van der Waals surface area contributed by atoms with Crippen LogP contribution >= 0.6 is 0 Å². The molecule has 0 aliphatic rings. The first kappa shape index (κ1) is 15.9. The fourth-order valence-electron chi connectivity index (χ4n) is 1.62. The van der Waals surface area contributed by atoms with Crippen molar-refractivity contribution < 1.29 is 4.74 Å².